The fourth-order valence-corrected chi connectivity index (χ4v) is 2.76. The molecule has 1 saturated heterocycles. The summed E-state index contributed by atoms with van der Waals surface area (Å²) in [5.41, 5.74) is 7.28. The van der Waals surface area contributed by atoms with Gasteiger partial charge in [-0.1, -0.05) is 6.07 Å². The van der Waals surface area contributed by atoms with Crippen LogP contribution in [-0.2, 0) is 4.74 Å². The van der Waals surface area contributed by atoms with Crippen molar-refractivity contribution in [2.24, 2.45) is 5.73 Å². The molecule has 0 bridgehead atoms. The van der Waals surface area contributed by atoms with Gasteiger partial charge in [-0.3, -0.25) is 0 Å². The van der Waals surface area contributed by atoms with Gasteiger partial charge in [0.25, 0.3) is 0 Å². The van der Waals surface area contributed by atoms with Crippen LogP contribution >= 0.6 is 12.4 Å². The highest BCUT2D eigenvalue weighted by Crippen LogP contribution is 2.38. The second kappa shape index (κ2) is 5.99. The Kier molecular flexibility index (Phi) is 4.55. The molecule has 1 aromatic rings. The number of ether oxygens (including phenoxy) is 3. The van der Waals surface area contributed by atoms with Gasteiger partial charge in [-0.2, -0.15) is 0 Å². The van der Waals surface area contributed by atoms with Crippen LogP contribution in [0.1, 0.15) is 30.9 Å². The summed E-state index contributed by atoms with van der Waals surface area (Å²) in [5.74, 6) is 1.64. The van der Waals surface area contributed by atoms with E-state index in [4.69, 9.17) is 19.9 Å². The van der Waals surface area contributed by atoms with E-state index >= 15 is 0 Å². The first-order chi connectivity index (χ1) is 8.78. The van der Waals surface area contributed by atoms with E-state index in [-0.39, 0.29) is 30.7 Å². The lowest BCUT2D eigenvalue weighted by Crippen LogP contribution is -2.38. The normalized spacial score (nSPS) is 29.1. The van der Waals surface area contributed by atoms with Crippen molar-refractivity contribution >= 4 is 12.4 Å². The Morgan fingerprint density at radius 1 is 1.32 bits per heavy atom. The highest BCUT2D eigenvalue weighted by Gasteiger charge is 2.34. The van der Waals surface area contributed by atoms with Crippen molar-refractivity contribution in [2.45, 2.75) is 37.5 Å². The molecule has 0 aliphatic carbocycles. The van der Waals surface area contributed by atoms with Crippen LogP contribution in [0.3, 0.4) is 0 Å². The Balaban J connectivity index is 0.00000133. The molecule has 0 saturated carbocycles. The molecule has 5 heteroatoms. The second-order valence-corrected chi connectivity index (χ2v) is 4.95. The number of fused-ring (bicyclic) bond motifs is 1. The molecule has 2 aliphatic heterocycles. The topological polar surface area (TPSA) is 53.7 Å². The van der Waals surface area contributed by atoms with E-state index in [1.54, 1.807) is 7.11 Å². The predicted molar refractivity (Wildman–Crippen MR) is 75.2 cm³/mol. The fourth-order valence-electron chi connectivity index (χ4n) is 2.76. The van der Waals surface area contributed by atoms with Crippen molar-refractivity contribution in [2.75, 3.05) is 13.7 Å². The zero-order valence-corrected chi connectivity index (χ0v) is 11.8. The molecule has 2 aliphatic rings. The second-order valence-electron chi connectivity index (χ2n) is 4.95. The largest absolute Gasteiger partial charge is 0.497 e. The lowest BCUT2D eigenvalue weighted by molar-refractivity contribution is -0.00205. The molecule has 19 heavy (non-hydrogen) atoms. The monoisotopic (exact) mass is 285 g/mol. The third-order valence-electron chi connectivity index (χ3n) is 3.76. The maximum Gasteiger partial charge on any atom is 0.128 e. The summed E-state index contributed by atoms with van der Waals surface area (Å²) in [5, 5.41) is 0. The molecular formula is C14H20ClNO3. The van der Waals surface area contributed by atoms with E-state index < -0.39 is 0 Å². The van der Waals surface area contributed by atoms with Crippen LogP contribution in [-0.4, -0.2) is 25.9 Å². The molecule has 3 rings (SSSR count). The van der Waals surface area contributed by atoms with Crippen molar-refractivity contribution in [1.82, 2.24) is 0 Å². The van der Waals surface area contributed by atoms with E-state index in [0.717, 1.165) is 42.9 Å². The first-order valence-electron chi connectivity index (χ1n) is 6.49. The Bertz CT molecular complexity index is 435. The van der Waals surface area contributed by atoms with Crippen molar-refractivity contribution in [1.29, 1.82) is 0 Å². The van der Waals surface area contributed by atoms with Gasteiger partial charge in [0.15, 0.2) is 0 Å². The Morgan fingerprint density at radius 2 is 2.16 bits per heavy atom. The van der Waals surface area contributed by atoms with Crippen LogP contribution in [0.5, 0.6) is 11.5 Å². The zero-order chi connectivity index (χ0) is 12.5. The van der Waals surface area contributed by atoms with Crippen LogP contribution in [0.15, 0.2) is 18.2 Å². The average Bonchev–Trinajstić information content (AvgIpc) is 2.91. The number of benzene rings is 1. The first-order valence-corrected chi connectivity index (χ1v) is 6.49. The summed E-state index contributed by atoms with van der Waals surface area (Å²) in [4.78, 5) is 0. The predicted octanol–water partition coefficient (Wildman–Crippen LogP) is 2.45. The molecule has 1 aromatic carbocycles. The zero-order valence-electron chi connectivity index (χ0n) is 11.0. The molecule has 0 spiro atoms. The molecule has 1 fully saturated rings. The minimum Gasteiger partial charge on any atom is -0.497 e. The number of nitrogens with two attached hydrogens (primary N) is 1. The third kappa shape index (κ3) is 2.81. The van der Waals surface area contributed by atoms with Crippen molar-refractivity contribution in [3.05, 3.63) is 23.8 Å². The van der Waals surface area contributed by atoms with Gasteiger partial charge in [0, 0.05) is 30.7 Å². The molecule has 0 amide bonds. The smallest absolute Gasteiger partial charge is 0.128 e. The molecular weight excluding hydrogens is 266 g/mol. The van der Waals surface area contributed by atoms with E-state index in [0.29, 0.717) is 0 Å². The molecule has 2 heterocycles. The summed E-state index contributed by atoms with van der Waals surface area (Å²) < 4.78 is 17.0. The van der Waals surface area contributed by atoms with Crippen LogP contribution in [0.4, 0.5) is 0 Å². The highest BCUT2D eigenvalue weighted by molar-refractivity contribution is 5.85. The van der Waals surface area contributed by atoms with E-state index in [2.05, 4.69) is 0 Å². The summed E-state index contributed by atoms with van der Waals surface area (Å²) in [6, 6.07) is 5.85. The van der Waals surface area contributed by atoms with Gasteiger partial charge >= 0.3 is 0 Å². The van der Waals surface area contributed by atoms with E-state index in [1.807, 2.05) is 18.2 Å². The molecule has 4 nitrogen and oxygen atoms in total. The first kappa shape index (κ1) is 14.4. The van der Waals surface area contributed by atoms with Gasteiger partial charge in [0.1, 0.15) is 17.6 Å². The lowest BCUT2D eigenvalue weighted by Gasteiger charge is -2.33. The molecule has 2 N–H and O–H groups in total. The minimum absolute atomic E-state index is 0. The highest BCUT2D eigenvalue weighted by atomic mass is 35.5. The molecule has 0 radical (unpaired) electrons. The number of hydrogen-bond acceptors (Lipinski definition) is 4. The van der Waals surface area contributed by atoms with Crippen molar-refractivity contribution in [3.63, 3.8) is 0 Å². The van der Waals surface area contributed by atoms with Crippen molar-refractivity contribution < 1.29 is 14.2 Å². The SMILES string of the molecule is COc1ccc2c(c1)OC(C1CCCO1)CC2N.Cl. The maximum atomic E-state index is 6.22. The number of hydrogen-bond donors (Lipinski definition) is 1. The number of halogens is 1. The van der Waals surface area contributed by atoms with Gasteiger partial charge in [0.2, 0.25) is 0 Å². The molecule has 0 aromatic heterocycles. The lowest BCUT2D eigenvalue weighted by atomic mass is 9.94. The van der Waals surface area contributed by atoms with E-state index in [9.17, 15) is 0 Å². The van der Waals surface area contributed by atoms with Gasteiger partial charge in [-0.25, -0.2) is 0 Å². The van der Waals surface area contributed by atoms with Gasteiger partial charge < -0.3 is 19.9 Å². The standard InChI is InChI=1S/C14H19NO3.ClH/c1-16-9-4-5-10-11(15)8-14(18-13(10)7-9)12-3-2-6-17-12;/h4-5,7,11-12,14H,2-3,6,8,15H2,1H3;1H. The summed E-state index contributed by atoms with van der Waals surface area (Å²) in [6.45, 7) is 0.838. The van der Waals surface area contributed by atoms with Gasteiger partial charge in [-0.15, -0.1) is 12.4 Å². The van der Waals surface area contributed by atoms with Crippen molar-refractivity contribution in [3.8, 4) is 11.5 Å². The van der Waals surface area contributed by atoms with Crippen LogP contribution in [0.2, 0.25) is 0 Å². The fraction of sp³-hybridized carbons (Fsp3) is 0.571. The Morgan fingerprint density at radius 3 is 2.84 bits per heavy atom. The quantitative estimate of drug-likeness (QED) is 0.907. The molecule has 106 valence electrons. The number of rotatable bonds is 2. The van der Waals surface area contributed by atoms with Crippen LogP contribution in [0, 0.1) is 0 Å². The maximum absolute atomic E-state index is 6.22. The Hall–Kier alpha value is -0.970. The molecule has 3 unspecified atom stereocenters. The molecule has 3 atom stereocenters. The Labute approximate surface area is 119 Å². The summed E-state index contributed by atoms with van der Waals surface area (Å²) >= 11 is 0. The number of methoxy groups -OCH3 is 1. The third-order valence-corrected chi connectivity index (χ3v) is 3.76. The average molecular weight is 286 g/mol. The van der Waals surface area contributed by atoms with Gasteiger partial charge in [-0.05, 0) is 18.9 Å². The van der Waals surface area contributed by atoms with Gasteiger partial charge in [0.05, 0.1) is 13.2 Å². The van der Waals surface area contributed by atoms with E-state index in [1.165, 1.54) is 0 Å². The minimum atomic E-state index is 0. The van der Waals surface area contributed by atoms with Crippen LogP contribution < -0.4 is 15.2 Å². The summed E-state index contributed by atoms with van der Waals surface area (Å²) in [7, 11) is 1.65. The summed E-state index contributed by atoms with van der Waals surface area (Å²) in [6.07, 6.45) is 3.27. The van der Waals surface area contributed by atoms with Crippen LogP contribution in [0.25, 0.3) is 0 Å².